The van der Waals surface area contributed by atoms with Crippen LogP contribution in [0.25, 0.3) is 32.8 Å². The number of esters is 1. The Morgan fingerprint density at radius 3 is 2.61 bits per heavy atom. The molecule has 1 aliphatic rings. The summed E-state index contributed by atoms with van der Waals surface area (Å²) >= 11 is 6.95. The van der Waals surface area contributed by atoms with Crippen molar-refractivity contribution in [3.63, 3.8) is 0 Å². The van der Waals surface area contributed by atoms with E-state index in [1.165, 1.54) is 0 Å². The summed E-state index contributed by atoms with van der Waals surface area (Å²) in [4.78, 5) is 19.0. The van der Waals surface area contributed by atoms with Crippen molar-refractivity contribution in [2.24, 2.45) is 0 Å². The van der Waals surface area contributed by atoms with Gasteiger partial charge in [0.1, 0.15) is 11.4 Å². The number of ether oxygens (including phenoxy) is 3. The van der Waals surface area contributed by atoms with Crippen molar-refractivity contribution in [1.29, 1.82) is 0 Å². The van der Waals surface area contributed by atoms with Crippen molar-refractivity contribution < 1.29 is 24.1 Å². The van der Waals surface area contributed by atoms with Gasteiger partial charge < -0.3 is 24.3 Å². The summed E-state index contributed by atoms with van der Waals surface area (Å²) in [6.07, 6.45) is 1.93. The lowest BCUT2D eigenvalue weighted by Crippen LogP contribution is -2.38. The molecule has 3 aromatic carbocycles. The number of aromatic amines is 1. The summed E-state index contributed by atoms with van der Waals surface area (Å²) in [6.45, 7) is 9.04. The minimum Gasteiger partial charge on any atom is -0.493 e. The molecule has 0 unspecified atom stereocenters. The molecule has 242 valence electrons. The molecule has 0 amide bonds. The number of benzene rings is 3. The Bertz CT molecular complexity index is 1820. The normalized spacial score (nSPS) is 13.9. The van der Waals surface area contributed by atoms with Crippen molar-refractivity contribution >= 4 is 39.2 Å². The Morgan fingerprint density at radius 1 is 1.02 bits per heavy atom. The standard InChI is InChI=1S/C36H41ClN4O5/c1-3-29-33(30(23-42)41(39-29)17-16-40-18-21-44-22-19-40)32-28(37)15-14-27-26(35(38-34(27)32)36(43)45-4-2)12-8-20-46-31-13-7-10-24-9-5-6-11-25(24)31/h5-7,9-11,13-15,38,42H,3-4,8,12,16-23H2,1-2H3. The van der Waals surface area contributed by atoms with Crippen LogP contribution < -0.4 is 4.74 Å². The predicted octanol–water partition coefficient (Wildman–Crippen LogP) is 6.41. The molecule has 10 heteroatoms. The van der Waals surface area contributed by atoms with Crippen molar-refractivity contribution in [3.8, 4) is 16.9 Å². The smallest absolute Gasteiger partial charge is 0.355 e. The van der Waals surface area contributed by atoms with Crippen LogP contribution >= 0.6 is 11.6 Å². The highest BCUT2D eigenvalue weighted by atomic mass is 35.5. The second kappa shape index (κ2) is 14.7. The molecule has 9 nitrogen and oxygen atoms in total. The van der Waals surface area contributed by atoms with Crippen molar-refractivity contribution in [2.45, 2.75) is 46.3 Å². The number of H-pyrrole nitrogens is 1. The number of rotatable bonds is 13. The lowest BCUT2D eigenvalue weighted by molar-refractivity contribution is 0.0357. The Hall–Kier alpha value is -3.89. The molecule has 3 heterocycles. The molecule has 0 saturated carbocycles. The SMILES string of the molecule is CCOC(=O)c1[nH]c2c(-c3c(CC)nn(CCN4CCOCC4)c3CO)c(Cl)ccc2c1CCCOc1cccc2ccccc12. The number of carbonyl (C=O) groups is 1. The highest BCUT2D eigenvalue weighted by Gasteiger charge is 2.27. The average molecular weight is 645 g/mol. The van der Waals surface area contributed by atoms with Crippen LogP contribution in [0.4, 0.5) is 0 Å². The van der Waals surface area contributed by atoms with Crippen LogP contribution in [0.1, 0.15) is 47.7 Å². The Kier molecular flexibility index (Phi) is 10.2. The Balaban J connectivity index is 1.33. The van der Waals surface area contributed by atoms with E-state index in [4.69, 9.17) is 30.9 Å². The highest BCUT2D eigenvalue weighted by Crippen LogP contribution is 2.41. The quantitative estimate of drug-likeness (QED) is 0.113. The molecular formula is C36H41ClN4O5. The van der Waals surface area contributed by atoms with E-state index in [2.05, 4.69) is 28.1 Å². The minimum absolute atomic E-state index is 0.192. The molecule has 2 aromatic heterocycles. The van der Waals surface area contributed by atoms with Gasteiger partial charge in [-0.3, -0.25) is 9.58 Å². The van der Waals surface area contributed by atoms with Crippen molar-refractivity contribution in [3.05, 3.63) is 82.3 Å². The first-order valence-corrected chi connectivity index (χ1v) is 16.5. The third kappa shape index (κ3) is 6.51. The number of halogens is 1. The Morgan fingerprint density at radius 2 is 1.83 bits per heavy atom. The molecule has 46 heavy (non-hydrogen) atoms. The van der Waals surface area contributed by atoms with Gasteiger partial charge >= 0.3 is 5.97 Å². The molecule has 0 bridgehead atoms. The van der Waals surface area contributed by atoms with Crippen molar-refractivity contribution in [1.82, 2.24) is 19.7 Å². The largest absolute Gasteiger partial charge is 0.493 e. The number of aliphatic hydroxyl groups is 1. The van der Waals surface area contributed by atoms with Gasteiger partial charge in [-0.1, -0.05) is 61.0 Å². The number of nitrogens with zero attached hydrogens (tertiary/aromatic N) is 3. The predicted molar refractivity (Wildman–Crippen MR) is 181 cm³/mol. The molecule has 5 aromatic rings. The fraction of sp³-hybridized carbons (Fsp3) is 0.389. The van der Waals surface area contributed by atoms with Gasteiger partial charge in [-0.2, -0.15) is 5.10 Å². The summed E-state index contributed by atoms with van der Waals surface area (Å²) in [5, 5.41) is 19.2. The van der Waals surface area contributed by atoms with Crippen molar-refractivity contribution in [2.75, 3.05) is 46.1 Å². The van der Waals surface area contributed by atoms with E-state index >= 15 is 0 Å². The second-order valence-electron chi connectivity index (χ2n) is 11.4. The van der Waals surface area contributed by atoms with E-state index in [9.17, 15) is 9.90 Å². The fourth-order valence-electron chi connectivity index (χ4n) is 6.42. The molecular weight excluding hydrogens is 604 g/mol. The molecule has 1 aliphatic heterocycles. The van der Waals surface area contributed by atoms with Gasteiger partial charge in [-0.05, 0) is 49.3 Å². The maximum atomic E-state index is 13.3. The van der Waals surface area contributed by atoms with E-state index < -0.39 is 5.97 Å². The highest BCUT2D eigenvalue weighted by molar-refractivity contribution is 6.35. The van der Waals surface area contributed by atoms with Crippen LogP contribution in [0.15, 0.2) is 54.6 Å². The number of carbonyl (C=O) groups excluding carboxylic acids is 1. The zero-order valence-electron chi connectivity index (χ0n) is 26.5. The number of hydrogen-bond acceptors (Lipinski definition) is 7. The summed E-state index contributed by atoms with van der Waals surface area (Å²) in [5.41, 5.74) is 5.10. The van der Waals surface area contributed by atoms with E-state index in [0.717, 1.165) is 82.7 Å². The molecule has 1 fully saturated rings. The Labute approximate surface area is 274 Å². The maximum absolute atomic E-state index is 13.3. The first kappa shape index (κ1) is 32.1. The minimum atomic E-state index is -0.412. The van der Waals surface area contributed by atoms with Gasteiger partial charge in [-0.15, -0.1) is 0 Å². The van der Waals surface area contributed by atoms with Gasteiger partial charge in [0.2, 0.25) is 0 Å². The topological polar surface area (TPSA) is 102 Å². The van der Waals surface area contributed by atoms with Gasteiger partial charge in [0.05, 0.1) is 61.5 Å². The average Bonchev–Trinajstić information content (AvgIpc) is 3.64. The van der Waals surface area contributed by atoms with Crippen LogP contribution in [-0.2, 0) is 35.5 Å². The number of aliphatic hydroxyl groups excluding tert-OH is 1. The number of aromatic nitrogens is 3. The summed E-state index contributed by atoms with van der Waals surface area (Å²) in [5.74, 6) is 0.427. The molecule has 0 spiro atoms. The van der Waals surface area contributed by atoms with Gasteiger partial charge in [0.15, 0.2) is 0 Å². The van der Waals surface area contributed by atoms with E-state index in [-0.39, 0.29) is 13.2 Å². The molecule has 0 aliphatic carbocycles. The molecule has 2 N–H and O–H groups in total. The van der Waals surface area contributed by atoms with Crippen LogP contribution in [0, 0.1) is 0 Å². The van der Waals surface area contributed by atoms with E-state index in [0.29, 0.717) is 48.8 Å². The first-order chi connectivity index (χ1) is 22.5. The zero-order valence-corrected chi connectivity index (χ0v) is 27.2. The maximum Gasteiger partial charge on any atom is 0.355 e. The number of hydrogen-bond donors (Lipinski definition) is 2. The summed E-state index contributed by atoms with van der Waals surface area (Å²) in [7, 11) is 0. The number of fused-ring (bicyclic) bond motifs is 2. The third-order valence-electron chi connectivity index (χ3n) is 8.69. The lowest BCUT2D eigenvalue weighted by atomic mass is 9.97. The van der Waals surface area contributed by atoms with Crippen LogP contribution in [0.3, 0.4) is 0 Å². The summed E-state index contributed by atoms with van der Waals surface area (Å²) < 4.78 is 19.1. The second-order valence-corrected chi connectivity index (χ2v) is 11.8. The van der Waals surface area contributed by atoms with Gasteiger partial charge in [0.25, 0.3) is 0 Å². The monoisotopic (exact) mass is 644 g/mol. The third-order valence-corrected chi connectivity index (χ3v) is 9.00. The summed E-state index contributed by atoms with van der Waals surface area (Å²) in [6, 6.07) is 18.0. The first-order valence-electron chi connectivity index (χ1n) is 16.1. The van der Waals surface area contributed by atoms with Gasteiger partial charge in [0, 0.05) is 41.5 Å². The number of aryl methyl sites for hydroxylation is 2. The van der Waals surface area contributed by atoms with Crippen LogP contribution in [-0.4, -0.2) is 76.8 Å². The molecule has 1 saturated heterocycles. The lowest BCUT2D eigenvalue weighted by Gasteiger charge is -2.26. The fourth-order valence-corrected chi connectivity index (χ4v) is 6.67. The zero-order chi connectivity index (χ0) is 32.0. The van der Waals surface area contributed by atoms with E-state index in [1.807, 2.05) is 48.0 Å². The molecule has 0 atom stereocenters. The molecule has 0 radical (unpaired) electrons. The molecule has 6 rings (SSSR count). The van der Waals surface area contributed by atoms with Crippen LogP contribution in [0.2, 0.25) is 5.02 Å². The van der Waals surface area contributed by atoms with Gasteiger partial charge in [-0.25, -0.2) is 4.79 Å². The van der Waals surface area contributed by atoms with E-state index in [1.54, 1.807) is 6.92 Å². The number of nitrogens with one attached hydrogen (secondary N) is 1. The van der Waals surface area contributed by atoms with Crippen LogP contribution in [0.5, 0.6) is 5.75 Å². The number of morpholine rings is 1.